The van der Waals surface area contributed by atoms with Crippen molar-refractivity contribution in [1.29, 1.82) is 0 Å². The lowest BCUT2D eigenvalue weighted by Gasteiger charge is -2.13. The number of esters is 1. The van der Waals surface area contributed by atoms with E-state index in [-0.39, 0.29) is 24.2 Å². The molecular weight excluding hydrogens is 298 g/mol. The monoisotopic (exact) mass is 317 g/mol. The van der Waals surface area contributed by atoms with Gasteiger partial charge in [-0.2, -0.15) is 0 Å². The molecular formula is C13H19NO6S. The van der Waals surface area contributed by atoms with Gasteiger partial charge in [0.1, 0.15) is 5.75 Å². The van der Waals surface area contributed by atoms with E-state index < -0.39 is 16.0 Å². The number of rotatable bonds is 8. The normalized spacial score (nSPS) is 12.7. The van der Waals surface area contributed by atoms with E-state index in [2.05, 4.69) is 9.46 Å². The predicted octanol–water partition coefficient (Wildman–Crippen LogP) is 0.552. The second-order valence-corrected chi connectivity index (χ2v) is 6.03. The van der Waals surface area contributed by atoms with Gasteiger partial charge in [-0.05, 0) is 31.2 Å². The Labute approximate surface area is 124 Å². The molecule has 1 N–H and O–H groups in total. The molecule has 0 saturated carbocycles. The van der Waals surface area contributed by atoms with Gasteiger partial charge < -0.3 is 14.2 Å². The highest BCUT2D eigenvalue weighted by Crippen LogP contribution is 2.16. The highest BCUT2D eigenvalue weighted by Gasteiger charge is 2.17. The summed E-state index contributed by atoms with van der Waals surface area (Å²) < 4.78 is 41.1. The van der Waals surface area contributed by atoms with Crippen molar-refractivity contribution in [2.75, 3.05) is 27.4 Å². The third-order valence-electron chi connectivity index (χ3n) is 2.49. The molecule has 0 aliphatic carbocycles. The van der Waals surface area contributed by atoms with Crippen molar-refractivity contribution in [3.63, 3.8) is 0 Å². The maximum Gasteiger partial charge on any atom is 0.343 e. The largest absolute Gasteiger partial charge is 0.482 e. The lowest BCUT2D eigenvalue weighted by atomic mass is 10.3. The van der Waals surface area contributed by atoms with Gasteiger partial charge in [0, 0.05) is 13.2 Å². The number of nitrogens with one attached hydrogen (secondary N) is 1. The van der Waals surface area contributed by atoms with Crippen molar-refractivity contribution in [3.8, 4) is 5.75 Å². The molecule has 1 rings (SSSR count). The number of methoxy groups -OCH3 is 2. The van der Waals surface area contributed by atoms with Gasteiger partial charge >= 0.3 is 5.97 Å². The summed E-state index contributed by atoms with van der Waals surface area (Å²) in [4.78, 5) is 11.0. The molecule has 7 nitrogen and oxygen atoms in total. The van der Waals surface area contributed by atoms with E-state index in [0.29, 0.717) is 5.75 Å². The average Bonchev–Trinajstić information content (AvgIpc) is 2.44. The van der Waals surface area contributed by atoms with Crippen LogP contribution in [-0.4, -0.2) is 47.9 Å². The molecule has 8 heteroatoms. The predicted molar refractivity (Wildman–Crippen MR) is 75.6 cm³/mol. The summed E-state index contributed by atoms with van der Waals surface area (Å²) in [5.74, 6) is -0.133. The number of benzene rings is 1. The zero-order chi connectivity index (χ0) is 15.9. The van der Waals surface area contributed by atoms with E-state index in [1.807, 2.05) is 0 Å². The van der Waals surface area contributed by atoms with Crippen molar-refractivity contribution in [2.24, 2.45) is 0 Å². The molecule has 0 fully saturated rings. The minimum atomic E-state index is -3.61. The SMILES string of the molecule is COC[C@@H](C)NS(=O)(=O)c1ccc(OCC(=O)OC)cc1. The first kappa shape index (κ1) is 17.4. The van der Waals surface area contributed by atoms with Gasteiger partial charge in [-0.1, -0.05) is 0 Å². The molecule has 0 aliphatic heterocycles. The molecule has 21 heavy (non-hydrogen) atoms. The molecule has 0 radical (unpaired) electrons. The van der Waals surface area contributed by atoms with Gasteiger partial charge in [-0.25, -0.2) is 17.9 Å². The van der Waals surface area contributed by atoms with Gasteiger partial charge in [0.25, 0.3) is 0 Å². The van der Waals surface area contributed by atoms with Gasteiger partial charge in [-0.3, -0.25) is 0 Å². The summed E-state index contributed by atoms with van der Waals surface area (Å²) in [6.07, 6.45) is 0. The fourth-order valence-corrected chi connectivity index (χ4v) is 2.76. The Balaban J connectivity index is 2.70. The van der Waals surface area contributed by atoms with Gasteiger partial charge in [0.15, 0.2) is 6.61 Å². The average molecular weight is 317 g/mol. The van der Waals surface area contributed by atoms with Crippen LogP contribution in [0, 0.1) is 0 Å². The summed E-state index contributed by atoms with van der Waals surface area (Å²) in [7, 11) is -0.855. The summed E-state index contributed by atoms with van der Waals surface area (Å²) in [5.41, 5.74) is 0. The summed E-state index contributed by atoms with van der Waals surface area (Å²) in [6, 6.07) is 5.40. The topological polar surface area (TPSA) is 90.9 Å². The van der Waals surface area contributed by atoms with Crippen LogP contribution in [0.25, 0.3) is 0 Å². The molecule has 118 valence electrons. The van der Waals surface area contributed by atoms with Crippen molar-refractivity contribution >= 4 is 16.0 Å². The highest BCUT2D eigenvalue weighted by molar-refractivity contribution is 7.89. The smallest absolute Gasteiger partial charge is 0.343 e. The van der Waals surface area contributed by atoms with E-state index in [4.69, 9.17) is 9.47 Å². The lowest BCUT2D eigenvalue weighted by molar-refractivity contribution is -0.142. The number of hydrogen-bond donors (Lipinski definition) is 1. The second kappa shape index (κ2) is 7.96. The van der Waals surface area contributed by atoms with Crippen LogP contribution in [-0.2, 0) is 24.3 Å². The van der Waals surface area contributed by atoms with Crippen LogP contribution in [0.3, 0.4) is 0 Å². The molecule has 0 spiro atoms. The number of hydrogen-bond acceptors (Lipinski definition) is 6. The van der Waals surface area contributed by atoms with Crippen LogP contribution in [0.2, 0.25) is 0 Å². The van der Waals surface area contributed by atoms with Crippen LogP contribution >= 0.6 is 0 Å². The number of carbonyl (C=O) groups excluding carboxylic acids is 1. The van der Waals surface area contributed by atoms with Gasteiger partial charge in [0.2, 0.25) is 10.0 Å². The zero-order valence-electron chi connectivity index (χ0n) is 12.2. The van der Waals surface area contributed by atoms with Crippen molar-refractivity contribution < 1.29 is 27.4 Å². The van der Waals surface area contributed by atoms with Gasteiger partial charge in [-0.15, -0.1) is 0 Å². The van der Waals surface area contributed by atoms with Crippen LogP contribution in [0.1, 0.15) is 6.92 Å². The van der Waals surface area contributed by atoms with Crippen LogP contribution < -0.4 is 9.46 Å². The molecule has 0 bridgehead atoms. The minimum absolute atomic E-state index is 0.107. The molecule has 0 heterocycles. The fourth-order valence-electron chi connectivity index (χ4n) is 1.53. The summed E-state index contributed by atoms with van der Waals surface area (Å²) >= 11 is 0. The van der Waals surface area contributed by atoms with Crippen LogP contribution in [0.15, 0.2) is 29.2 Å². The first-order chi connectivity index (χ1) is 9.89. The molecule has 0 amide bonds. The Bertz CT molecular complexity index is 555. The van der Waals surface area contributed by atoms with E-state index in [9.17, 15) is 13.2 Å². The standard InChI is InChI=1S/C13H19NO6S/c1-10(8-18-2)14-21(16,17)12-6-4-11(5-7-12)20-9-13(15)19-3/h4-7,10,14H,8-9H2,1-3H3/t10-/m1/s1. The molecule has 0 unspecified atom stereocenters. The van der Waals surface area contributed by atoms with Crippen molar-refractivity contribution in [3.05, 3.63) is 24.3 Å². The van der Waals surface area contributed by atoms with E-state index in [1.165, 1.54) is 38.5 Å². The quantitative estimate of drug-likeness (QED) is 0.704. The second-order valence-electron chi connectivity index (χ2n) is 4.31. The summed E-state index contributed by atoms with van der Waals surface area (Å²) in [6.45, 7) is 1.75. The Hall–Kier alpha value is -1.64. The lowest BCUT2D eigenvalue weighted by Crippen LogP contribution is -2.35. The highest BCUT2D eigenvalue weighted by atomic mass is 32.2. The van der Waals surface area contributed by atoms with E-state index >= 15 is 0 Å². The Morgan fingerprint density at radius 2 is 1.86 bits per heavy atom. The molecule has 0 saturated heterocycles. The number of sulfonamides is 1. The maximum absolute atomic E-state index is 12.1. The Morgan fingerprint density at radius 3 is 2.38 bits per heavy atom. The maximum atomic E-state index is 12.1. The van der Waals surface area contributed by atoms with Crippen molar-refractivity contribution in [2.45, 2.75) is 17.9 Å². The molecule has 1 aromatic carbocycles. The zero-order valence-corrected chi connectivity index (χ0v) is 13.0. The Morgan fingerprint density at radius 1 is 1.24 bits per heavy atom. The first-order valence-corrected chi connectivity index (χ1v) is 7.68. The van der Waals surface area contributed by atoms with Gasteiger partial charge in [0.05, 0.1) is 18.6 Å². The molecule has 0 aromatic heterocycles. The number of carbonyl (C=O) groups is 1. The molecule has 0 aliphatic rings. The number of ether oxygens (including phenoxy) is 3. The van der Waals surface area contributed by atoms with E-state index in [1.54, 1.807) is 6.92 Å². The minimum Gasteiger partial charge on any atom is -0.482 e. The molecule has 1 atom stereocenters. The first-order valence-electron chi connectivity index (χ1n) is 6.20. The Kier molecular flexibility index (Phi) is 6.60. The fraction of sp³-hybridized carbons (Fsp3) is 0.462. The van der Waals surface area contributed by atoms with E-state index in [0.717, 1.165) is 0 Å². The molecule has 1 aromatic rings. The third kappa shape index (κ3) is 5.70. The van der Waals surface area contributed by atoms with Crippen molar-refractivity contribution in [1.82, 2.24) is 4.72 Å². The summed E-state index contributed by atoms with van der Waals surface area (Å²) in [5, 5.41) is 0. The van der Waals surface area contributed by atoms with Crippen LogP contribution in [0.5, 0.6) is 5.75 Å². The van der Waals surface area contributed by atoms with Crippen LogP contribution in [0.4, 0.5) is 0 Å². The third-order valence-corrected chi connectivity index (χ3v) is 4.10.